The summed E-state index contributed by atoms with van der Waals surface area (Å²) >= 11 is 0. The van der Waals surface area contributed by atoms with Gasteiger partial charge in [0.15, 0.2) is 0 Å². The third kappa shape index (κ3) is 25.2. The van der Waals surface area contributed by atoms with E-state index in [0.717, 1.165) is 50.9 Å². The van der Waals surface area contributed by atoms with Gasteiger partial charge in [0.1, 0.15) is 0 Å². The van der Waals surface area contributed by atoms with Gasteiger partial charge in [-0.2, -0.15) is 0 Å². The lowest BCUT2D eigenvalue weighted by molar-refractivity contribution is -0.139. The smallest absolute Gasteiger partial charge is 0.222 e. The minimum atomic E-state index is 0.298. The van der Waals surface area contributed by atoms with Gasteiger partial charge in [-0.3, -0.25) is 9.59 Å². The Morgan fingerprint density at radius 1 is 0.364 bits per heavy atom. The fourth-order valence-electron chi connectivity index (χ4n) is 6.71. The zero-order valence-electron chi connectivity index (χ0n) is 30.5. The number of hydrogen-bond acceptors (Lipinski definition) is 2. The fourth-order valence-corrected chi connectivity index (χ4v) is 6.71. The quantitative estimate of drug-likeness (QED) is 0.0751. The van der Waals surface area contributed by atoms with Crippen molar-refractivity contribution < 1.29 is 9.59 Å². The minimum Gasteiger partial charge on any atom is -0.339 e. The number of hydrogen-bond donors (Lipinski definition) is 0. The van der Waals surface area contributed by atoms with Crippen LogP contribution in [0.3, 0.4) is 0 Å². The van der Waals surface area contributed by atoms with Crippen molar-refractivity contribution in [3.8, 4) is 0 Å². The molecule has 1 fully saturated rings. The van der Waals surface area contributed by atoms with Crippen molar-refractivity contribution in [2.24, 2.45) is 11.8 Å². The van der Waals surface area contributed by atoms with Crippen molar-refractivity contribution in [2.75, 3.05) is 26.2 Å². The Bertz CT molecular complexity index is 598. The summed E-state index contributed by atoms with van der Waals surface area (Å²) in [4.78, 5) is 29.3. The molecule has 1 heterocycles. The van der Waals surface area contributed by atoms with Gasteiger partial charge in [-0.15, -0.1) is 0 Å². The van der Waals surface area contributed by atoms with Crippen LogP contribution >= 0.6 is 0 Å². The molecule has 260 valence electrons. The van der Waals surface area contributed by atoms with Crippen molar-refractivity contribution in [3.63, 3.8) is 0 Å². The van der Waals surface area contributed by atoms with E-state index in [1.54, 1.807) is 0 Å². The summed E-state index contributed by atoms with van der Waals surface area (Å²) in [5.41, 5.74) is 0. The first-order valence-corrected chi connectivity index (χ1v) is 20.0. The maximum absolute atomic E-state index is 12.7. The summed E-state index contributed by atoms with van der Waals surface area (Å²) in [6.45, 7) is 12.2. The zero-order valence-corrected chi connectivity index (χ0v) is 30.5. The van der Waals surface area contributed by atoms with E-state index in [-0.39, 0.29) is 0 Å². The van der Waals surface area contributed by atoms with E-state index in [0.29, 0.717) is 24.7 Å². The van der Waals surface area contributed by atoms with Gasteiger partial charge in [0.25, 0.3) is 0 Å². The summed E-state index contributed by atoms with van der Waals surface area (Å²) in [6, 6.07) is 0. The summed E-state index contributed by atoms with van der Waals surface area (Å²) < 4.78 is 0. The third-order valence-corrected chi connectivity index (χ3v) is 9.83. The van der Waals surface area contributed by atoms with Crippen molar-refractivity contribution in [1.29, 1.82) is 0 Å². The van der Waals surface area contributed by atoms with Gasteiger partial charge in [0.2, 0.25) is 11.8 Å². The number of amides is 2. The van der Waals surface area contributed by atoms with Crippen LogP contribution in [0.2, 0.25) is 0 Å². The highest BCUT2D eigenvalue weighted by atomic mass is 16.2. The average molecular weight is 619 g/mol. The molecule has 1 aliphatic heterocycles. The second-order valence-corrected chi connectivity index (χ2v) is 15.1. The predicted molar refractivity (Wildman–Crippen MR) is 192 cm³/mol. The van der Waals surface area contributed by atoms with Gasteiger partial charge in [-0.05, 0) is 24.7 Å². The average Bonchev–Trinajstić information content (AvgIpc) is 3.00. The van der Waals surface area contributed by atoms with Crippen molar-refractivity contribution >= 4 is 11.8 Å². The van der Waals surface area contributed by atoms with Crippen LogP contribution in [0.1, 0.15) is 207 Å². The molecular weight excluding hydrogens is 540 g/mol. The molecule has 0 spiro atoms. The SMILES string of the molecule is CC(C)CCCCCCCCCCCCCCC(=O)N1CCN(C(=O)CCCCCCCCCCCCCCC(C)C)CC1. The van der Waals surface area contributed by atoms with Crippen molar-refractivity contribution in [2.45, 2.75) is 207 Å². The Morgan fingerprint density at radius 3 is 0.795 bits per heavy atom. The molecule has 0 aromatic heterocycles. The highest BCUT2D eigenvalue weighted by Crippen LogP contribution is 2.17. The van der Waals surface area contributed by atoms with Gasteiger partial charge >= 0.3 is 0 Å². The largest absolute Gasteiger partial charge is 0.339 e. The van der Waals surface area contributed by atoms with E-state index in [2.05, 4.69) is 27.7 Å². The van der Waals surface area contributed by atoms with Crippen LogP contribution in [0, 0.1) is 11.8 Å². The van der Waals surface area contributed by atoms with Crippen LogP contribution in [0.5, 0.6) is 0 Å². The lowest BCUT2D eigenvalue weighted by Gasteiger charge is -2.35. The van der Waals surface area contributed by atoms with Crippen LogP contribution in [0.15, 0.2) is 0 Å². The molecule has 1 aliphatic rings. The van der Waals surface area contributed by atoms with Gasteiger partial charge in [-0.1, -0.05) is 182 Å². The van der Waals surface area contributed by atoms with Crippen LogP contribution < -0.4 is 0 Å². The monoisotopic (exact) mass is 619 g/mol. The molecule has 1 rings (SSSR count). The van der Waals surface area contributed by atoms with Gasteiger partial charge in [-0.25, -0.2) is 0 Å². The highest BCUT2D eigenvalue weighted by molar-refractivity contribution is 5.78. The minimum absolute atomic E-state index is 0.298. The third-order valence-electron chi connectivity index (χ3n) is 9.83. The second kappa shape index (κ2) is 29.3. The molecule has 1 saturated heterocycles. The highest BCUT2D eigenvalue weighted by Gasteiger charge is 2.23. The van der Waals surface area contributed by atoms with Gasteiger partial charge in [0.05, 0.1) is 0 Å². The van der Waals surface area contributed by atoms with Crippen molar-refractivity contribution in [3.05, 3.63) is 0 Å². The van der Waals surface area contributed by atoms with E-state index < -0.39 is 0 Å². The summed E-state index contributed by atoms with van der Waals surface area (Å²) in [5.74, 6) is 2.32. The van der Waals surface area contributed by atoms with Crippen molar-refractivity contribution in [1.82, 2.24) is 9.80 Å². The molecule has 0 saturated carbocycles. The predicted octanol–water partition coefficient (Wildman–Crippen LogP) is 11.9. The zero-order chi connectivity index (χ0) is 32.1. The molecule has 0 unspecified atom stereocenters. The first-order valence-electron chi connectivity index (χ1n) is 20.0. The molecule has 0 aromatic rings. The number of nitrogens with zero attached hydrogens (tertiary/aromatic N) is 2. The molecule has 0 bridgehead atoms. The number of unbranched alkanes of at least 4 members (excludes halogenated alkanes) is 22. The Labute approximate surface area is 276 Å². The molecule has 0 aromatic carbocycles. The topological polar surface area (TPSA) is 40.6 Å². The van der Waals surface area contributed by atoms with Crippen LogP contribution in [0.4, 0.5) is 0 Å². The van der Waals surface area contributed by atoms with Gasteiger partial charge < -0.3 is 9.80 Å². The summed E-state index contributed by atoms with van der Waals surface area (Å²) in [7, 11) is 0. The van der Waals surface area contributed by atoms with E-state index in [4.69, 9.17) is 0 Å². The standard InChI is InChI=1S/C40H78N2O2/c1-37(2)29-25-21-17-13-9-5-7-11-15-19-23-27-31-39(43)41-33-35-42(36-34-41)40(44)32-28-24-20-16-12-8-6-10-14-18-22-26-30-38(3)4/h37-38H,5-36H2,1-4H3. The number of rotatable bonds is 30. The summed E-state index contributed by atoms with van der Waals surface area (Å²) in [5, 5.41) is 0. The van der Waals surface area contributed by atoms with E-state index in [9.17, 15) is 9.59 Å². The van der Waals surface area contributed by atoms with E-state index >= 15 is 0 Å². The summed E-state index contributed by atoms with van der Waals surface area (Å²) in [6.07, 6.45) is 36.2. The molecule has 4 nitrogen and oxygen atoms in total. The fraction of sp³-hybridized carbons (Fsp3) is 0.950. The Hall–Kier alpha value is -1.06. The van der Waals surface area contributed by atoms with Crippen LogP contribution in [0.25, 0.3) is 0 Å². The Morgan fingerprint density at radius 2 is 0.568 bits per heavy atom. The first-order chi connectivity index (χ1) is 21.4. The number of piperazine rings is 1. The lowest BCUT2D eigenvalue weighted by Crippen LogP contribution is -2.50. The molecule has 0 radical (unpaired) electrons. The van der Waals surface area contributed by atoms with Crippen LogP contribution in [-0.4, -0.2) is 47.8 Å². The molecule has 0 aliphatic carbocycles. The maximum Gasteiger partial charge on any atom is 0.222 e. The molecule has 44 heavy (non-hydrogen) atoms. The normalized spacial score (nSPS) is 13.9. The Kier molecular flexibility index (Phi) is 27.3. The molecule has 0 N–H and O–H groups in total. The molecule has 2 amide bonds. The van der Waals surface area contributed by atoms with Gasteiger partial charge in [0, 0.05) is 39.0 Å². The van der Waals surface area contributed by atoms with E-state index in [1.165, 1.54) is 154 Å². The lowest BCUT2D eigenvalue weighted by atomic mass is 10.0. The first kappa shape index (κ1) is 41.0. The molecule has 4 heteroatoms. The van der Waals surface area contributed by atoms with Crippen LogP contribution in [-0.2, 0) is 9.59 Å². The number of carbonyl (C=O) groups excluding carboxylic acids is 2. The number of carbonyl (C=O) groups is 2. The molecule has 0 atom stereocenters. The maximum atomic E-state index is 12.7. The Balaban J connectivity index is 1.87. The second-order valence-electron chi connectivity index (χ2n) is 15.1. The molecular formula is C40H78N2O2. The van der Waals surface area contributed by atoms with E-state index in [1.807, 2.05) is 9.80 Å².